The highest BCUT2D eigenvalue weighted by atomic mass is 32.2. The summed E-state index contributed by atoms with van der Waals surface area (Å²) in [5.41, 5.74) is 0.923. The summed E-state index contributed by atoms with van der Waals surface area (Å²) in [7, 11) is -3.36. The molecule has 5 nitrogen and oxygen atoms in total. The zero-order chi connectivity index (χ0) is 14.1. The van der Waals surface area contributed by atoms with Crippen LogP contribution in [0.3, 0.4) is 0 Å². The van der Waals surface area contributed by atoms with E-state index in [1.54, 1.807) is 24.3 Å². The molecule has 0 aliphatic rings. The maximum atomic E-state index is 11.9. The molecule has 0 radical (unpaired) electrons. The molecule has 108 valence electrons. The van der Waals surface area contributed by atoms with Gasteiger partial charge in [-0.1, -0.05) is 13.8 Å². The molecule has 0 saturated heterocycles. The molecule has 0 bridgehead atoms. The first-order valence-electron chi connectivity index (χ1n) is 6.64. The number of benzene rings is 1. The third-order valence-electron chi connectivity index (χ3n) is 2.59. The minimum atomic E-state index is -3.36. The Bertz CT molecular complexity index is 457. The van der Waals surface area contributed by atoms with Crippen LogP contribution in [0.2, 0.25) is 0 Å². The van der Waals surface area contributed by atoms with Gasteiger partial charge >= 0.3 is 0 Å². The van der Waals surface area contributed by atoms with E-state index in [2.05, 4.69) is 22.3 Å². The van der Waals surface area contributed by atoms with Crippen molar-refractivity contribution in [1.29, 1.82) is 0 Å². The molecule has 3 N–H and O–H groups in total. The highest BCUT2D eigenvalue weighted by molar-refractivity contribution is 7.89. The highest BCUT2D eigenvalue weighted by Crippen LogP contribution is 2.13. The Labute approximate surface area is 115 Å². The van der Waals surface area contributed by atoms with Crippen LogP contribution in [0.15, 0.2) is 29.2 Å². The van der Waals surface area contributed by atoms with Crippen molar-refractivity contribution >= 4 is 15.7 Å². The molecule has 6 heteroatoms. The molecular formula is C13H23N3O2S. The highest BCUT2D eigenvalue weighted by Gasteiger charge is 2.12. The normalized spacial score (nSPS) is 11.5. The largest absolute Gasteiger partial charge is 0.384 e. The minimum absolute atomic E-state index is 0.304. The van der Waals surface area contributed by atoms with Crippen LogP contribution in [0.5, 0.6) is 0 Å². The third kappa shape index (κ3) is 5.59. The van der Waals surface area contributed by atoms with Gasteiger partial charge in [0, 0.05) is 25.3 Å². The average molecular weight is 285 g/mol. The summed E-state index contributed by atoms with van der Waals surface area (Å²) in [5, 5.41) is 6.43. The topological polar surface area (TPSA) is 70.2 Å². The van der Waals surface area contributed by atoms with Gasteiger partial charge in [0.25, 0.3) is 0 Å². The molecule has 0 atom stereocenters. The van der Waals surface area contributed by atoms with E-state index in [1.165, 1.54) is 0 Å². The fourth-order valence-electron chi connectivity index (χ4n) is 1.54. The summed E-state index contributed by atoms with van der Waals surface area (Å²) in [6, 6.07) is 6.81. The Morgan fingerprint density at radius 2 is 1.68 bits per heavy atom. The standard InChI is InChI=1S/C13H23N3O2S/c1-3-9-16-19(17,18)13-7-5-12(6-8-13)15-11-10-14-4-2/h5-8,14-16H,3-4,9-11H2,1-2H3. The molecule has 0 saturated carbocycles. The third-order valence-corrected chi connectivity index (χ3v) is 4.06. The second kappa shape index (κ2) is 8.14. The van der Waals surface area contributed by atoms with E-state index in [0.29, 0.717) is 11.4 Å². The molecule has 0 aliphatic heterocycles. The van der Waals surface area contributed by atoms with Gasteiger partial charge in [0.2, 0.25) is 10.0 Å². The van der Waals surface area contributed by atoms with E-state index in [0.717, 1.165) is 31.7 Å². The van der Waals surface area contributed by atoms with Crippen LogP contribution in [-0.2, 0) is 10.0 Å². The zero-order valence-corrected chi connectivity index (χ0v) is 12.4. The number of nitrogens with one attached hydrogen (secondary N) is 3. The zero-order valence-electron chi connectivity index (χ0n) is 11.6. The van der Waals surface area contributed by atoms with E-state index in [-0.39, 0.29) is 0 Å². The van der Waals surface area contributed by atoms with E-state index < -0.39 is 10.0 Å². The Morgan fingerprint density at radius 1 is 1.00 bits per heavy atom. The van der Waals surface area contributed by atoms with Gasteiger partial charge < -0.3 is 10.6 Å². The van der Waals surface area contributed by atoms with Gasteiger partial charge in [-0.15, -0.1) is 0 Å². The van der Waals surface area contributed by atoms with Crippen LogP contribution in [0.25, 0.3) is 0 Å². The van der Waals surface area contributed by atoms with E-state index in [1.807, 2.05) is 6.92 Å². The van der Waals surface area contributed by atoms with E-state index >= 15 is 0 Å². The number of rotatable bonds is 9. The maximum absolute atomic E-state index is 11.9. The number of hydrogen-bond acceptors (Lipinski definition) is 4. The lowest BCUT2D eigenvalue weighted by molar-refractivity contribution is 0.581. The Kier molecular flexibility index (Phi) is 6.83. The van der Waals surface area contributed by atoms with Gasteiger partial charge in [0.15, 0.2) is 0 Å². The first-order valence-corrected chi connectivity index (χ1v) is 8.12. The lowest BCUT2D eigenvalue weighted by Crippen LogP contribution is -2.24. The van der Waals surface area contributed by atoms with Crippen molar-refractivity contribution < 1.29 is 8.42 Å². The van der Waals surface area contributed by atoms with Gasteiger partial charge in [-0.05, 0) is 37.2 Å². The van der Waals surface area contributed by atoms with Crippen molar-refractivity contribution in [2.45, 2.75) is 25.2 Å². The first kappa shape index (κ1) is 15.9. The summed E-state index contributed by atoms with van der Waals surface area (Å²) in [5.74, 6) is 0. The molecule has 0 unspecified atom stereocenters. The van der Waals surface area contributed by atoms with Gasteiger partial charge in [-0.25, -0.2) is 13.1 Å². The molecule has 19 heavy (non-hydrogen) atoms. The lowest BCUT2D eigenvalue weighted by atomic mass is 10.3. The molecule has 0 fully saturated rings. The summed E-state index contributed by atoms with van der Waals surface area (Å²) in [6.07, 6.45) is 0.781. The van der Waals surface area contributed by atoms with Crippen molar-refractivity contribution in [3.8, 4) is 0 Å². The van der Waals surface area contributed by atoms with E-state index in [9.17, 15) is 8.42 Å². The van der Waals surface area contributed by atoms with Crippen molar-refractivity contribution in [2.75, 3.05) is 31.5 Å². The molecule has 0 spiro atoms. The van der Waals surface area contributed by atoms with Gasteiger partial charge in [0.1, 0.15) is 0 Å². The predicted molar refractivity (Wildman–Crippen MR) is 79.0 cm³/mol. The quantitative estimate of drug-likeness (QED) is 0.600. The molecular weight excluding hydrogens is 262 g/mol. The van der Waals surface area contributed by atoms with E-state index in [4.69, 9.17) is 0 Å². The van der Waals surface area contributed by atoms with Crippen LogP contribution < -0.4 is 15.4 Å². The molecule has 0 heterocycles. The summed E-state index contributed by atoms with van der Waals surface area (Å²) >= 11 is 0. The molecule has 0 amide bonds. The summed E-state index contributed by atoms with van der Waals surface area (Å²) in [6.45, 7) is 7.10. The van der Waals surface area contributed by atoms with Crippen LogP contribution >= 0.6 is 0 Å². The monoisotopic (exact) mass is 285 g/mol. The van der Waals surface area contributed by atoms with Crippen LogP contribution in [-0.4, -0.2) is 34.6 Å². The molecule has 1 aromatic carbocycles. The van der Waals surface area contributed by atoms with Crippen molar-refractivity contribution in [3.63, 3.8) is 0 Å². The lowest BCUT2D eigenvalue weighted by Gasteiger charge is -2.09. The first-order chi connectivity index (χ1) is 9.10. The number of sulfonamides is 1. The Balaban J connectivity index is 2.56. The van der Waals surface area contributed by atoms with Crippen molar-refractivity contribution in [2.24, 2.45) is 0 Å². The van der Waals surface area contributed by atoms with Crippen molar-refractivity contribution in [1.82, 2.24) is 10.0 Å². The number of hydrogen-bond donors (Lipinski definition) is 3. The fourth-order valence-corrected chi connectivity index (χ4v) is 2.68. The SMILES string of the molecule is CCCNS(=O)(=O)c1ccc(NCCNCC)cc1. The Hall–Kier alpha value is -1.11. The molecule has 0 aromatic heterocycles. The maximum Gasteiger partial charge on any atom is 0.240 e. The van der Waals surface area contributed by atoms with Gasteiger partial charge in [-0.2, -0.15) is 0 Å². The van der Waals surface area contributed by atoms with Crippen LogP contribution in [0, 0.1) is 0 Å². The average Bonchev–Trinajstić information content (AvgIpc) is 2.42. The van der Waals surface area contributed by atoms with Gasteiger partial charge in [-0.3, -0.25) is 0 Å². The summed E-state index contributed by atoms with van der Waals surface area (Å²) in [4.78, 5) is 0.304. The fraction of sp³-hybridized carbons (Fsp3) is 0.538. The molecule has 1 rings (SSSR count). The van der Waals surface area contributed by atoms with Crippen LogP contribution in [0.4, 0.5) is 5.69 Å². The summed E-state index contributed by atoms with van der Waals surface area (Å²) < 4.78 is 26.3. The smallest absolute Gasteiger partial charge is 0.240 e. The van der Waals surface area contributed by atoms with Crippen molar-refractivity contribution in [3.05, 3.63) is 24.3 Å². The number of anilines is 1. The second-order valence-corrected chi connectivity index (χ2v) is 5.97. The second-order valence-electron chi connectivity index (χ2n) is 4.20. The van der Waals surface area contributed by atoms with Crippen LogP contribution in [0.1, 0.15) is 20.3 Å². The number of likely N-dealkylation sites (N-methyl/N-ethyl adjacent to an activating group) is 1. The predicted octanol–water partition coefficient (Wildman–Crippen LogP) is 1.40. The van der Waals surface area contributed by atoms with Gasteiger partial charge in [0.05, 0.1) is 4.90 Å². The molecule has 0 aliphatic carbocycles. The minimum Gasteiger partial charge on any atom is -0.384 e. The Morgan fingerprint density at radius 3 is 2.26 bits per heavy atom. The molecule has 1 aromatic rings.